The Hall–Kier alpha value is -2.12. The Morgan fingerprint density at radius 3 is 2.58 bits per heavy atom. The zero-order valence-electron chi connectivity index (χ0n) is 14.9. The number of hydrogen-bond donors (Lipinski definition) is 1. The number of carbonyl (C=O) groups is 2. The van der Waals surface area contributed by atoms with Crippen LogP contribution in [-0.2, 0) is 16.1 Å². The van der Waals surface area contributed by atoms with E-state index < -0.39 is 5.92 Å². The summed E-state index contributed by atoms with van der Waals surface area (Å²) < 4.78 is 0. The average Bonchev–Trinajstić information content (AvgIpc) is 2.64. The molecule has 26 heavy (non-hydrogen) atoms. The number of rotatable bonds is 5. The molecular formula is C19H24N4O2S. The van der Waals surface area contributed by atoms with Crippen LogP contribution in [0.1, 0.15) is 25.3 Å². The molecule has 6 nitrogen and oxygen atoms in total. The number of nitrogens with one attached hydrogen (secondary N) is 1. The molecule has 0 aliphatic carbocycles. The van der Waals surface area contributed by atoms with Gasteiger partial charge in [0, 0.05) is 32.4 Å². The fraction of sp³-hybridized carbons (Fsp3) is 0.474. The van der Waals surface area contributed by atoms with Gasteiger partial charge in [-0.2, -0.15) is 0 Å². The van der Waals surface area contributed by atoms with Crippen molar-refractivity contribution in [2.24, 2.45) is 10.9 Å². The van der Waals surface area contributed by atoms with E-state index in [9.17, 15) is 9.59 Å². The summed E-state index contributed by atoms with van der Waals surface area (Å²) in [7, 11) is 0. The zero-order chi connectivity index (χ0) is 18.5. The lowest BCUT2D eigenvalue weighted by molar-refractivity contribution is -0.137. The van der Waals surface area contributed by atoms with E-state index >= 15 is 0 Å². The zero-order valence-corrected chi connectivity index (χ0v) is 15.7. The molecule has 3 rings (SSSR count). The lowest BCUT2D eigenvalue weighted by atomic mass is 10.0. The fourth-order valence-corrected chi connectivity index (χ4v) is 3.66. The number of benzene rings is 1. The molecule has 138 valence electrons. The SMILES string of the molecule is CCN1C(=O)[C@@H](C=NC2CCN(Cc3ccccc3)CC2)C(=O)NC1=S. The van der Waals surface area contributed by atoms with Gasteiger partial charge < -0.3 is 5.32 Å². The highest BCUT2D eigenvalue weighted by molar-refractivity contribution is 7.80. The number of carbonyl (C=O) groups excluding carboxylic acids is 2. The molecule has 2 amide bonds. The predicted octanol–water partition coefficient (Wildman–Crippen LogP) is 1.60. The van der Waals surface area contributed by atoms with Crippen LogP contribution >= 0.6 is 12.2 Å². The van der Waals surface area contributed by atoms with Gasteiger partial charge in [0.15, 0.2) is 11.0 Å². The quantitative estimate of drug-likeness (QED) is 0.484. The van der Waals surface area contributed by atoms with Crippen molar-refractivity contribution >= 4 is 35.4 Å². The van der Waals surface area contributed by atoms with Crippen molar-refractivity contribution in [3.63, 3.8) is 0 Å². The lowest BCUT2D eigenvalue weighted by Gasteiger charge is -2.31. The Bertz CT molecular complexity index is 699. The van der Waals surface area contributed by atoms with Crippen LogP contribution in [0.15, 0.2) is 35.3 Å². The van der Waals surface area contributed by atoms with Crippen LogP contribution < -0.4 is 5.32 Å². The Morgan fingerprint density at radius 1 is 1.23 bits per heavy atom. The number of aliphatic imine (C=N–C) groups is 1. The van der Waals surface area contributed by atoms with Crippen LogP contribution in [0, 0.1) is 5.92 Å². The second-order valence-electron chi connectivity index (χ2n) is 6.65. The van der Waals surface area contributed by atoms with Gasteiger partial charge in [0.2, 0.25) is 11.8 Å². The number of nitrogens with zero attached hydrogens (tertiary/aromatic N) is 3. The first-order chi connectivity index (χ1) is 12.6. The van der Waals surface area contributed by atoms with Gasteiger partial charge in [0.1, 0.15) is 0 Å². The van der Waals surface area contributed by atoms with E-state index in [1.165, 1.54) is 16.7 Å². The topological polar surface area (TPSA) is 65.0 Å². The molecule has 2 aliphatic heterocycles. The molecule has 2 fully saturated rings. The van der Waals surface area contributed by atoms with Gasteiger partial charge in [-0.15, -0.1) is 0 Å². The molecule has 1 atom stereocenters. The third kappa shape index (κ3) is 4.34. The summed E-state index contributed by atoms with van der Waals surface area (Å²) in [6.07, 6.45) is 3.38. The minimum absolute atomic E-state index is 0.159. The molecule has 1 aromatic rings. The fourth-order valence-electron chi connectivity index (χ4n) is 3.34. The highest BCUT2D eigenvalue weighted by atomic mass is 32.1. The average molecular weight is 372 g/mol. The van der Waals surface area contributed by atoms with E-state index in [0.717, 1.165) is 32.5 Å². The third-order valence-electron chi connectivity index (χ3n) is 4.86. The molecule has 1 aromatic carbocycles. The van der Waals surface area contributed by atoms with Crippen molar-refractivity contribution in [3.8, 4) is 0 Å². The Labute approximate surface area is 159 Å². The summed E-state index contributed by atoms with van der Waals surface area (Å²) in [6.45, 7) is 5.15. The highest BCUT2D eigenvalue weighted by Crippen LogP contribution is 2.17. The number of amides is 2. The summed E-state index contributed by atoms with van der Waals surface area (Å²) in [4.78, 5) is 32.8. The van der Waals surface area contributed by atoms with Gasteiger partial charge in [-0.25, -0.2) is 0 Å². The van der Waals surface area contributed by atoms with Crippen LogP contribution in [0.2, 0.25) is 0 Å². The molecule has 2 aliphatic rings. The minimum atomic E-state index is -0.871. The predicted molar refractivity (Wildman–Crippen MR) is 105 cm³/mol. The van der Waals surface area contributed by atoms with Crippen molar-refractivity contribution in [2.75, 3.05) is 19.6 Å². The standard InChI is InChI=1S/C19H24N4O2S/c1-2-23-18(25)16(17(24)21-19(23)26)12-20-15-8-10-22(11-9-15)13-14-6-4-3-5-7-14/h3-7,12,15-16H,2,8-11,13H2,1H3,(H,21,24,26)/t16-/m0/s1. The van der Waals surface area contributed by atoms with E-state index in [0.29, 0.717) is 6.54 Å². The highest BCUT2D eigenvalue weighted by Gasteiger charge is 2.36. The molecule has 0 saturated carbocycles. The van der Waals surface area contributed by atoms with Crippen LogP contribution in [0.5, 0.6) is 0 Å². The molecule has 0 unspecified atom stereocenters. The van der Waals surface area contributed by atoms with Crippen molar-refractivity contribution in [2.45, 2.75) is 32.4 Å². The lowest BCUT2D eigenvalue weighted by Crippen LogP contribution is -2.58. The van der Waals surface area contributed by atoms with Gasteiger partial charge in [-0.1, -0.05) is 30.3 Å². The summed E-state index contributed by atoms with van der Waals surface area (Å²) >= 11 is 5.03. The van der Waals surface area contributed by atoms with Crippen molar-refractivity contribution in [1.29, 1.82) is 0 Å². The largest absolute Gasteiger partial charge is 0.302 e. The molecule has 0 spiro atoms. The number of likely N-dealkylation sites (tertiary alicyclic amines) is 1. The van der Waals surface area contributed by atoms with E-state index in [4.69, 9.17) is 12.2 Å². The molecule has 2 saturated heterocycles. The summed E-state index contributed by atoms with van der Waals surface area (Å²) in [5, 5.41) is 2.76. The maximum atomic E-state index is 12.4. The number of thiocarbonyl (C=S) groups is 1. The van der Waals surface area contributed by atoms with Gasteiger partial charge in [-0.05, 0) is 37.5 Å². The molecule has 0 radical (unpaired) electrons. The van der Waals surface area contributed by atoms with Crippen LogP contribution in [0.4, 0.5) is 0 Å². The summed E-state index contributed by atoms with van der Waals surface area (Å²) in [5.41, 5.74) is 1.31. The van der Waals surface area contributed by atoms with Crippen LogP contribution in [0.25, 0.3) is 0 Å². The normalized spacial score (nSPS) is 22.9. The van der Waals surface area contributed by atoms with E-state index in [2.05, 4.69) is 39.5 Å². The van der Waals surface area contributed by atoms with Gasteiger partial charge in [0.05, 0.1) is 6.04 Å². The minimum Gasteiger partial charge on any atom is -0.302 e. The van der Waals surface area contributed by atoms with Crippen LogP contribution in [-0.4, -0.2) is 58.6 Å². The molecule has 0 bridgehead atoms. The third-order valence-corrected chi connectivity index (χ3v) is 5.18. The van der Waals surface area contributed by atoms with Crippen molar-refractivity contribution in [3.05, 3.63) is 35.9 Å². The Kier molecular flexibility index (Phi) is 6.11. The Morgan fingerprint density at radius 2 is 1.92 bits per heavy atom. The molecular weight excluding hydrogens is 348 g/mol. The second-order valence-corrected chi connectivity index (χ2v) is 7.03. The van der Waals surface area contributed by atoms with Gasteiger partial charge in [-0.3, -0.25) is 24.4 Å². The first-order valence-electron chi connectivity index (χ1n) is 9.04. The van der Waals surface area contributed by atoms with Gasteiger partial charge in [0.25, 0.3) is 0 Å². The molecule has 1 N–H and O–H groups in total. The molecule has 7 heteroatoms. The van der Waals surface area contributed by atoms with Crippen LogP contribution in [0.3, 0.4) is 0 Å². The summed E-state index contributed by atoms with van der Waals surface area (Å²) in [6, 6.07) is 10.6. The maximum Gasteiger partial charge on any atom is 0.246 e. The first-order valence-corrected chi connectivity index (χ1v) is 9.45. The number of hydrogen-bond acceptors (Lipinski definition) is 5. The summed E-state index contributed by atoms with van der Waals surface area (Å²) in [5.74, 6) is -1.54. The Balaban J connectivity index is 1.53. The monoisotopic (exact) mass is 372 g/mol. The smallest absolute Gasteiger partial charge is 0.246 e. The van der Waals surface area contributed by atoms with E-state index in [1.54, 1.807) is 0 Å². The van der Waals surface area contributed by atoms with E-state index in [-0.39, 0.29) is 23.0 Å². The van der Waals surface area contributed by atoms with E-state index in [1.807, 2.05) is 13.0 Å². The molecule has 0 aromatic heterocycles. The van der Waals surface area contributed by atoms with Crippen molar-refractivity contribution in [1.82, 2.24) is 15.1 Å². The first kappa shape index (κ1) is 18.7. The molecule has 2 heterocycles. The second kappa shape index (κ2) is 8.51. The maximum absolute atomic E-state index is 12.4. The number of piperidine rings is 1. The van der Waals surface area contributed by atoms with Crippen molar-refractivity contribution < 1.29 is 9.59 Å². The van der Waals surface area contributed by atoms with Gasteiger partial charge >= 0.3 is 0 Å².